The molecule has 3 atom stereocenters. The quantitative estimate of drug-likeness (QED) is 0.897. The summed E-state index contributed by atoms with van der Waals surface area (Å²) in [6.45, 7) is 0.781. The predicted molar refractivity (Wildman–Crippen MR) is 94.7 cm³/mol. The van der Waals surface area contributed by atoms with Gasteiger partial charge in [-0.3, -0.25) is 4.79 Å². The number of aromatic amines is 1. The third kappa shape index (κ3) is 3.17. The summed E-state index contributed by atoms with van der Waals surface area (Å²) in [6, 6.07) is 4.79. The molecule has 0 radical (unpaired) electrons. The molecule has 2 heterocycles. The number of aliphatic hydroxyl groups excluding tert-OH is 1. The third-order valence-corrected chi connectivity index (χ3v) is 5.97. The number of aromatic nitrogens is 1. The summed E-state index contributed by atoms with van der Waals surface area (Å²) in [5, 5.41) is 11.3. The molecule has 1 amide bonds. The molecule has 2 aliphatic rings. The van der Waals surface area contributed by atoms with Crippen LogP contribution < -0.4 is 0 Å². The van der Waals surface area contributed by atoms with E-state index in [-0.39, 0.29) is 29.8 Å². The van der Waals surface area contributed by atoms with E-state index in [9.17, 15) is 14.3 Å². The summed E-state index contributed by atoms with van der Waals surface area (Å²) in [5.74, 6) is 0.0564. The molecule has 3 unspecified atom stereocenters. The number of likely N-dealkylation sites (tertiary alicyclic amines) is 1. The van der Waals surface area contributed by atoms with Gasteiger partial charge in [0, 0.05) is 35.6 Å². The topological polar surface area (TPSA) is 56.3 Å². The fourth-order valence-electron chi connectivity index (χ4n) is 4.71. The van der Waals surface area contributed by atoms with Gasteiger partial charge in [-0.05, 0) is 49.4 Å². The van der Waals surface area contributed by atoms with Gasteiger partial charge in [0.15, 0.2) is 0 Å². The zero-order valence-electron chi connectivity index (χ0n) is 14.4. The number of benzene rings is 1. The maximum Gasteiger partial charge on any atom is 0.227 e. The van der Waals surface area contributed by atoms with Crippen molar-refractivity contribution in [3.8, 4) is 0 Å². The molecule has 5 heteroatoms. The molecule has 4 rings (SSSR count). The maximum atomic E-state index is 13.3. The molecular formula is C20H25FN2O2. The highest BCUT2D eigenvalue weighted by Crippen LogP contribution is 2.35. The van der Waals surface area contributed by atoms with E-state index in [2.05, 4.69) is 4.98 Å². The highest BCUT2D eigenvalue weighted by Gasteiger charge is 2.38. The first-order valence-corrected chi connectivity index (χ1v) is 9.36. The summed E-state index contributed by atoms with van der Waals surface area (Å²) in [4.78, 5) is 18.0. The first-order chi connectivity index (χ1) is 12.1. The van der Waals surface area contributed by atoms with Crippen molar-refractivity contribution in [2.75, 3.05) is 6.54 Å². The summed E-state index contributed by atoms with van der Waals surface area (Å²) >= 11 is 0. The molecule has 25 heavy (non-hydrogen) atoms. The van der Waals surface area contributed by atoms with Crippen LogP contribution in [0.5, 0.6) is 0 Å². The average Bonchev–Trinajstić information content (AvgIpc) is 3.22. The molecule has 2 aromatic rings. The molecule has 1 aromatic heterocycles. The Morgan fingerprint density at radius 1 is 1.24 bits per heavy atom. The first-order valence-electron chi connectivity index (χ1n) is 9.36. The van der Waals surface area contributed by atoms with Gasteiger partial charge in [0.2, 0.25) is 5.91 Å². The number of aliphatic hydroxyl groups is 1. The fourth-order valence-corrected chi connectivity index (χ4v) is 4.71. The molecule has 1 saturated carbocycles. The number of rotatable bonds is 3. The molecule has 2 fully saturated rings. The number of fused-ring (bicyclic) bond motifs is 1. The number of carbonyl (C=O) groups is 1. The average molecular weight is 344 g/mol. The van der Waals surface area contributed by atoms with Gasteiger partial charge in [0.25, 0.3) is 0 Å². The van der Waals surface area contributed by atoms with E-state index in [4.69, 9.17) is 0 Å². The van der Waals surface area contributed by atoms with Gasteiger partial charge in [0.1, 0.15) is 5.82 Å². The molecule has 134 valence electrons. The second-order valence-electron chi connectivity index (χ2n) is 7.49. The Labute approximate surface area is 147 Å². The maximum absolute atomic E-state index is 13.3. The molecule has 1 aliphatic heterocycles. The second-order valence-corrected chi connectivity index (χ2v) is 7.49. The van der Waals surface area contributed by atoms with Crippen LogP contribution in [0.4, 0.5) is 4.39 Å². The Morgan fingerprint density at radius 3 is 2.92 bits per heavy atom. The van der Waals surface area contributed by atoms with Crippen LogP contribution in [0.15, 0.2) is 24.4 Å². The Bertz CT molecular complexity index is 772. The van der Waals surface area contributed by atoms with Crippen LogP contribution in [0.3, 0.4) is 0 Å². The van der Waals surface area contributed by atoms with Gasteiger partial charge >= 0.3 is 0 Å². The fraction of sp³-hybridized carbons (Fsp3) is 0.550. The summed E-state index contributed by atoms with van der Waals surface area (Å²) in [7, 11) is 0. The lowest BCUT2D eigenvalue weighted by molar-refractivity contribution is -0.133. The van der Waals surface area contributed by atoms with Crippen molar-refractivity contribution in [2.24, 2.45) is 5.92 Å². The van der Waals surface area contributed by atoms with Crippen molar-refractivity contribution in [2.45, 2.75) is 57.1 Å². The van der Waals surface area contributed by atoms with E-state index in [1.807, 2.05) is 11.1 Å². The van der Waals surface area contributed by atoms with Gasteiger partial charge in [0.05, 0.1) is 12.5 Å². The van der Waals surface area contributed by atoms with Crippen LogP contribution >= 0.6 is 0 Å². The van der Waals surface area contributed by atoms with E-state index >= 15 is 0 Å². The molecule has 0 spiro atoms. The number of nitrogens with one attached hydrogen (secondary N) is 1. The predicted octanol–water partition coefficient (Wildman–Crippen LogP) is 3.39. The van der Waals surface area contributed by atoms with E-state index in [0.717, 1.165) is 61.5 Å². The van der Waals surface area contributed by atoms with Crippen LogP contribution in [0.25, 0.3) is 10.9 Å². The molecular weight excluding hydrogens is 319 g/mol. The van der Waals surface area contributed by atoms with Gasteiger partial charge in [-0.15, -0.1) is 0 Å². The summed E-state index contributed by atoms with van der Waals surface area (Å²) in [6.07, 6.45) is 7.97. The number of hydrogen-bond donors (Lipinski definition) is 2. The molecule has 4 nitrogen and oxygen atoms in total. The minimum Gasteiger partial charge on any atom is -0.393 e. The molecule has 2 N–H and O–H groups in total. The van der Waals surface area contributed by atoms with Crippen molar-refractivity contribution < 1.29 is 14.3 Å². The van der Waals surface area contributed by atoms with Gasteiger partial charge < -0.3 is 15.0 Å². The smallest absolute Gasteiger partial charge is 0.227 e. The Hall–Kier alpha value is -1.88. The number of H-pyrrole nitrogens is 1. The number of nitrogens with zero attached hydrogens (tertiary/aromatic N) is 1. The minimum absolute atomic E-state index is 0.116. The lowest BCUT2D eigenvalue weighted by atomic mass is 9.80. The van der Waals surface area contributed by atoms with Crippen molar-refractivity contribution in [1.29, 1.82) is 0 Å². The van der Waals surface area contributed by atoms with Crippen molar-refractivity contribution >= 4 is 16.8 Å². The van der Waals surface area contributed by atoms with E-state index in [1.54, 1.807) is 6.07 Å². The van der Waals surface area contributed by atoms with Crippen LogP contribution in [0.1, 0.15) is 44.1 Å². The SMILES string of the molecule is O=C(Cc1c[nH]c2cc(F)ccc12)N1CCCC1C1CCCCC1O. The van der Waals surface area contributed by atoms with E-state index in [1.165, 1.54) is 12.1 Å². The summed E-state index contributed by atoms with van der Waals surface area (Å²) in [5.41, 5.74) is 1.64. The Balaban J connectivity index is 1.51. The Kier molecular flexibility index (Phi) is 4.50. The molecule has 0 bridgehead atoms. The molecule has 1 aliphatic carbocycles. The van der Waals surface area contributed by atoms with Crippen molar-refractivity contribution in [3.05, 3.63) is 35.8 Å². The van der Waals surface area contributed by atoms with Gasteiger partial charge in [-0.25, -0.2) is 4.39 Å². The largest absolute Gasteiger partial charge is 0.393 e. The van der Waals surface area contributed by atoms with E-state index < -0.39 is 0 Å². The van der Waals surface area contributed by atoms with Crippen molar-refractivity contribution in [3.63, 3.8) is 0 Å². The van der Waals surface area contributed by atoms with Crippen LogP contribution in [-0.2, 0) is 11.2 Å². The lowest BCUT2D eigenvalue weighted by Crippen LogP contribution is -2.45. The first kappa shape index (κ1) is 16.6. The number of amides is 1. The highest BCUT2D eigenvalue weighted by molar-refractivity contribution is 5.89. The zero-order chi connectivity index (χ0) is 17.4. The minimum atomic E-state index is -0.280. The third-order valence-electron chi connectivity index (χ3n) is 5.97. The molecule has 1 saturated heterocycles. The van der Waals surface area contributed by atoms with Crippen LogP contribution in [0, 0.1) is 11.7 Å². The number of halogens is 1. The highest BCUT2D eigenvalue weighted by atomic mass is 19.1. The van der Waals surface area contributed by atoms with E-state index in [0.29, 0.717) is 6.42 Å². The van der Waals surface area contributed by atoms with Crippen LogP contribution in [-0.4, -0.2) is 39.6 Å². The lowest BCUT2D eigenvalue weighted by Gasteiger charge is -2.37. The van der Waals surface area contributed by atoms with Crippen molar-refractivity contribution in [1.82, 2.24) is 9.88 Å². The van der Waals surface area contributed by atoms with Crippen LogP contribution in [0.2, 0.25) is 0 Å². The zero-order valence-corrected chi connectivity index (χ0v) is 14.4. The second kappa shape index (κ2) is 6.79. The normalized spacial score (nSPS) is 27.1. The van der Waals surface area contributed by atoms with Gasteiger partial charge in [-0.1, -0.05) is 12.8 Å². The standard InChI is InChI=1S/C20H25FN2O2/c21-14-7-8-15-13(12-22-17(15)11-14)10-20(25)23-9-3-5-18(23)16-4-1-2-6-19(16)24/h7-8,11-12,16,18-19,22,24H,1-6,9-10H2. The monoisotopic (exact) mass is 344 g/mol. The van der Waals surface area contributed by atoms with Gasteiger partial charge in [-0.2, -0.15) is 0 Å². The molecule has 1 aromatic carbocycles. The summed E-state index contributed by atoms with van der Waals surface area (Å²) < 4.78 is 13.3. The Morgan fingerprint density at radius 2 is 2.08 bits per heavy atom. The number of hydrogen-bond acceptors (Lipinski definition) is 2. The number of carbonyl (C=O) groups excluding carboxylic acids is 1.